The van der Waals surface area contributed by atoms with E-state index in [4.69, 9.17) is 4.74 Å². The van der Waals surface area contributed by atoms with Crippen LogP contribution < -0.4 is 5.56 Å². The summed E-state index contributed by atoms with van der Waals surface area (Å²) in [5.74, 6) is -0.0330. The van der Waals surface area contributed by atoms with Gasteiger partial charge in [-0.25, -0.2) is 0 Å². The first-order valence-corrected chi connectivity index (χ1v) is 9.90. The lowest BCUT2D eigenvalue weighted by molar-refractivity contribution is -0.146. The van der Waals surface area contributed by atoms with Crippen LogP contribution in [-0.2, 0) is 20.7 Å². The van der Waals surface area contributed by atoms with Crippen LogP contribution in [0, 0.1) is 0 Å². The molecule has 2 aromatic rings. The molecule has 0 saturated carbocycles. The Morgan fingerprint density at radius 3 is 2.75 bits per heavy atom. The number of likely N-dealkylation sites (tertiary alicyclic amines) is 1. The summed E-state index contributed by atoms with van der Waals surface area (Å²) in [4.78, 5) is 44.3. The normalized spacial score (nSPS) is 19.9. The Hall–Kier alpha value is -2.67. The van der Waals surface area contributed by atoms with Gasteiger partial charge in [0.1, 0.15) is 6.04 Å². The third-order valence-corrected chi connectivity index (χ3v) is 5.62. The molecule has 1 aromatic carbocycles. The van der Waals surface area contributed by atoms with Gasteiger partial charge in [0, 0.05) is 37.1 Å². The molecule has 1 N–H and O–H groups in total. The summed E-state index contributed by atoms with van der Waals surface area (Å²) in [6.45, 7) is 2.88. The topological polar surface area (TPSA) is 82.7 Å². The first-order valence-electron chi connectivity index (χ1n) is 9.90. The number of aryl methyl sites for hydroxylation is 1. The molecule has 2 aliphatic rings. The van der Waals surface area contributed by atoms with Gasteiger partial charge in [-0.2, -0.15) is 0 Å². The van der Waals surface area contributed by atoms with E-state index in [2.05, 4.69) is 4.98 Å². The van der Waals surface area contributed by atoms with Crippen LogP contribution in [0.2, 0.25) is 0 Å². The lowest BCUT2D eigenvalue weighted by atomic mass is 10.1. The number of carbonyl (C=O) groups is 2. The van der Waals surface area contributed by atoms with E-state index in [9.17, 15) is 14.4 Å². The molecule has 148 valence electrons. The fraction of sp³-hybridized carbons (Fsp3) is 0.476. The maximum absolute atomic E-state index is 12.8. The van der Waals surface area contributed by atoms with Crippen LogP contribution in [0.1, 0.15) is 24.8 Å². The summed E-state index contributed by atoms with van der Waals surface area (Å²) in [5, 5.41) is 0.950. The van der Waals surface area contributed by atoms with E-state index < -0.39 is 0 Å². The Labute approximate surface area is 163 Å². The van der Waals surface area contributed by atoms with Gasteiger partial charge >= 0.3 is 0 Å². The van der Waals surface area contributed by atoms with Crippen molar-refractivity contribution in [3.05, 3.63) is 46.2 Å². The summed E-state index contributed by atoms with van der Waals surface area (Å²) >= 11 is 0. The number of amides is 2. The Balaban J connectivity index is 1.42. The monoisotopic (exact) mass is 383 g/mol. The standard InChI is InChI=1S/C21H25N3O4/c25-19(8-7-16-14-15-4-1-2-5-17(15)22-20(16)26)24-9-3-6-18(24)21(27)23-10-12-28-13-11-23/h1-2,4-5,14,18H,3,6-13H2,(H,22,26)/t18-/m0/s1. The average molecular weight is 383 g/mol. The lowest BCUT2D eigenvalue weighted by Crippen LogP contribution is -2.51. The molecule has 28 heavy (non-hydrogen) atoms. The van der Waals surface area contributed by atoms with Crippen molar-refractivity contribution in [2.24, 2.45) is 0 Å². The number of carbonyl (C=O) groups excluding carboxylic acids is 2. The van der Waals surface area contributed by atoms with E-state index in [1.165, 1.54) is 0 Å². The summed E-state index contributed by atoms with van der Waals surface area (Å²) < 4.78 is 5.31. The number of aromatic nitrogens is 1. The second-order valence-corrected chi connectivity index (χ2v) is 7.39. The number of hydrogen-bond donors (Lipinski definition) is 1. The summed E-state index contributed by atoms with van der Waals surface area (Å²) in [6, 6.07) is 9.07. The largest absolute Gasteiger partial charge is 0.378 e. The number of benzene rings is 1. The minimum atomic E-state index is -0.375. The Morgan fingerprint density at radius 2 is 1.93 bits per heavy atom. The fourth-order valence-electron chi connectivity index (χ4n) is 4.08. The number of pyridine rings is 1. The first kappa shape index (κ1) is 18.7. The van der Waals surface area contributed by atoms with Crippen molar-refractivity contribution in [1.29, 1.82) is 0 Å². The molecule has 4 rings (SSSR count). The van der Waals surface area contributed by atoms with Crippen LogP contribution in [0.3, 0.4) is 0 Å². The summed E-state index contributed by atoms with van der Waals surface area (Å²) in [5.41, 5.74) is 1.23. The average Bonchev–Trinajstić information content (AvgIpc) is 3.22. The molecular formula is C21H25N3O4. The van der Waals surface area contributed by atoms with Crippen molar-refractivity contribution in [2.75, 3.05) is 32.8 Å². The van der Waals surface area contributed by atoms with E-state index in [0.29, 0.717) is 51.3 Å². The van der Waals surface area contributed by atoms with Crippen molar-refractivity contribution in [3.8, 4) is 0 Å². The zero-order valence-corrected chi connectivity index (χ0v) is 15.9. The molecule has 2 amide bonds. The van der Waals surface area contributed by atoms with Crippen LogP contribution in [0.15, 0.2) is 35.1 Å². The fourth-order valence-corrected chi connectivity index (χ4v) is 4.08. The van der Waals surface area contributed by atoms with E-state index in [1.807, 2.05) is 30.3 Å². The van der Waals surface area contributed by atoms with Crippen molar-refractivity contribution < 1.29 is 14.3 Å². The van der Waals surface area contributed by atoms with Gasteiger partial charge in [0.05, 0.1) is 13.2 Å². The Kier molecular flexibility index (Phi) is 5.43. The highest BCUT2D eigenvalue weighted by molar-refractivity contribution is 5.88. The van der Waals surface area contributed by atoms with Gasteiger partial charge in [-0.3, -0.25) is 14.4 Å². The smallest absolute Gasteiger partial charge is 0.251 e. The van der Waals surface area contributed by atoms with Gasteiger partial charge in [0.25, 0.3) is 5.56 Å². The number of rotatable bonds is 4. The number of nitrogens with zero attached hydrogens (tertiary/aromatic N) is 2. The number of aromatic amines is 1. The predicted octanol–water partition coefficient (Wildman–Crippen LogP) is 1.31. The Bertz CT molecular complexity index is 933. The number of H-pyrrole nitrogens is 1. The van der Waals surface area contributed by atoms with Crippen molar-refractivity contribution >= 4 is 22.7 Å². The molecule has 7 nitrogen and oxygen atoms in total. The minimum Gasteiger partial charge on any atom is -0.378 e. The van der Waals surface area contributed by atoms with Gasteiger partial charge in [0.15, 0.2) is 0 Å². The quantitative estimate of drug-likeness (QED) is 0.863. The number of morpholine rings is 1. The number of hydrogen-bond acceptors (Lipinski definition) is 4. The lowest BCUT2D eigenvalue weighted by Gasteiger charge is -2.32. The molecule has 0 spiro atoms. The van der Waals surface area contributed by atoms with Gasteiger partial charge in [-0.1, -0.05) is 18.2 Å². The number of nitrogens with one attached hydrogen (secondary N) is 1. The van der Waals surface area contributed by atoms with Crippen molar-refractivity contribution in [2.45, 2.75) is 31.7 Å². The van der Waals surface area contributed by atoms with Gasteiger partial charge in [0.2, 0.25) is 11.8 Å². The third-order valence-electron chi connectivity index (χ3n) is 5.62. The Morgan fingerprint density at radius 1 is 1.14 bits per heavy atom. The van der Waals surface area contributed by atoms with Gasteiger partial charge in [-0.05, 0) is 36.8 Å². The molecular weight excluding hydrogens is 358 g/mol. The molecule has 1 aromatic heterocycles. The molecule has 0 bridgehead atoms. The van der Waals surface area contributed by atoms with E-state index in [1.54, 1.807) is 9.80 Å². The SMILES string of the molecule is O=C([C@@H]1CCCN1C(=O)CCc1cc2ccccc2[nH]c1=O)N1CCOCC1. The van der Waals surface area contributed by atoms with E-state index >= 15 is 0 Å². The van der Waals surface area contributed by atoms with Crippen LogP contribution in [0.5, 0.6) is 0 Å². The molecule has 2 fully saturated rings. The van der Waals surface area contributed by atoms with Gasteiger partial charge in [-0.15, -0.1) is 0 Å². The van der Waals surface area contributed by atoms with Crippen LogP contribution >= 0.6 is 0 Å². The van der Waals surface area contributed by atoms with Crippen LogP contribution in [-0.4, -0.2) is 65.5 Å². The predicted molar refractivity (Wildman–Crippen MR) is 105 cm³/mol. The summed E-state index contributed by atoms with van der Waals surface area (Å²) in [6.07, 6.45) is 2.14. The molecule has 0 aliphatic carbocycles. The van der Waals surface area contributed by atoms with E-state index in [0.717, 1.165) is 17.3 Å². The molecule has 3 heterocycles. The maximum atomic E-state index is 12.8. The highest BCUT2D eigenvalue weighted by atomic mass is 16.5. The van der Waals surface area contributed by atoms with Crippen molar-refractivity contribution in [3.63, 3.8) is 0 Å². The summed E-state index contributed by atoms with van der Waals surface area (Å²) in [7, 11) is 0. The zero-order chi connectivity index (χ0) is 19.5. The molecule has 7 heteroatoms. The van der Waals surface area contributed by atoms with Crippen LogP contribution in [0.4, 0.5) is 0 Å². The minimum absolute atomic E-state index is 0.0257. The molecule has 0 unspecified atom stereocenters. The zero-order valence-electron chi connectivity index (χ0n) is 15.9. The third kappa shape index (κ3) is 3.80. The first-order chi connectivity index (χ1) is 13.6. The number of para-hydroxylation sites is 1. The number of ether oxygens (including phenoxy) is 1. The molecule has 1 atom stereocenters. The molecule has 0 radical (unpaired) electrons. The maximum Gasteiger partial charge on any atom is 0.251 e. The molecule has 2 saturated heterocycles. The van der Waals surface area contributed by atoms with E-state index in [-0.39, 0.29) is 29.8 Å². The molecule has 2 aliphatic heterocycles. The van der Waals surface area contributed by atoms with Crippen LogP contribution in [0.25, 0.3) is 10.9 Å². The second-order valence-electron chi connectivity index (χ2n) is 7.39. The number of fused-ring (bicyclic) bond motifs is 1. The highest BCUT2D eigenvalue weighted by Crippen LogP contribution is 2.21. The second kappa shape index (κ2) is 8.14. The van der Waals surface area contributed by atoms with Crippen molar-refractivity contribution in [1.82, 2.24) is 14.8 Å². The highest BCUT2D eigenvalue weighted by Gasteiger charge is 2.36. The van der Waals surface area contributed by atoms with Gasteiger partial charge < -0.3 is 19.5 Å².